The number of nitrogens with zero attached hydrogens (tertiary/aromatic N) is 2. The van der Waals surface area contributed by atoms with Gasteiger partial charge in [0, 0.05) is 7.11 Å². The molecular weight excluding hydrogens is 206 g/mol. The van der Waals surface area contributed by atoms with Crippen molar-refractivity contribution in [1.29, 1.82) is 0 Å². The Morgan fingerprint density at radius 1 is 1.56 bits per heavy atom. The van der Waals surface area contributed by atoms with Gasteiger partial charge in [0.2, 0.25) is 11.7 Å². The Kier molecular flexibility index (Phi) is 3.90. The molecule has 0 amide bonds. The molecule has 0 aromatic carbocycles. The van der Waals surface area contributed by atoms with Gasteiger partial charge in [0.1, 0.15) is 6.10 Å². The number of methoxy groups -OCH3 is 1. The van der Waals surface area contributed by atoms with Gasteiger partial charge in [-0.2, -0.15) is 4.98 Å². The summed E-state index contributed by atoms with van der Waals surface area (Å²) in [7, 11) is 1.70. The van der Waals surface area contributed by atoms with E-state index in [4.69, 9.17) is 9.26 Å². The SMILES string of the molecule is CCCNCc1nc(C(OC)C2CC2)no1. The van der Waals surface area contributed by atoms with Gasteiger partial charge in [-0.1, -0.05) is 12.1 Å². The van der Waals surface area contributed by atoms with Crippen LogP contribution < -0.4 is 5.32 Å². The van der Waals surface area contributed by atoms with Gasteiger partial charge in [0.05, 0.1) is 6.54 Å². The highest BCUT2D eigenvalue weighted by molar-refractivity contribution is 4.98. The molecule has 1 saturated carbocycles. The summed E-state index contributed by atoms with van der Waals surface area (Å²) in [5.74, 6) is 1.92. The van der Waals surface area contributed by atoms with Crippen LogP contribution in [-0.4, -0.2) is 23.8 Å². The monoisotopic (exact) mass is 225 g/mol. The van der Waals surface area contributed by atoms with Crippen molar-refractivity contribution < 1.29 is 9.26 Å². The van der Waals surface area contributed by atoms with E-state index in [1.165, 1.54) is 12.8 Å². The third-order valence-corrected chi connectivity index (χ3v) is 2.75. The normalized spacial score (nSPS) is 17.6. The van der Waals surface area contributed by atoms with Gasteiger partial charge in [-0.15, -0.1) is 0 Å². The lowest BCUT2D eigenvalue weighted by Crippen LogP contribution is -2.14. The molecule has 1 unspecified atom stereocenters. The van der Waals surface area contributed by atoms with E-state index in [2.05, 4.69) is 22.4 Å². The van der Waals surface area contributed by atoms with Gasteiger partial charge >= 0.3 is 0 Å². The highest BCUT2D eigenvalue weighted by Crippen LogP contribution is 2.41. The summed E-state index contributed by atoms with van der Waals surface area (Å²) in [6, 6.07) is 0. The maximum atomic E-state index is 5.39. The quantitative estimate of drug-likeness (QED) is 0.715. The molecule has 1 aliphatic rings. The lowest BCUT2D eigenvalue weighted by molar-refractivity contribution is 0.0751. The first-order valence-corrected chi connectivity index (χ1v) is 5.91. The Hall–Kier alpha value is -0.940. The topological polar surface area (TPSA) is 60.2 Å². The van der Waals surface area contributed by atoms with Crippen LogP contribution in [0.4, 0.5) is 0 Å². The Morgan fingerprint density at radius 2 is 2.38 bits per heavy atom. The van der Waals surface area contributed by atoms with E-state index in [1.807, 2.05) is 0 Å². The molecule has 0 aliphatic heterocycles. The zero-order valence-electron chi connectivity index (χ0n) is 9.90. The predicted molar refractivity (Wildman–Crippen MR) is 58.8 cm³/mol. The maximum Gasteiger partial charge on any atom is 0.240 e. The fraction of sp³-hybridized carbons (Fsp3) is 0.818. The van der Waals surface area contributed by atoms with Gasteiger partial charge < -0.3 is 14.6 Å². The van der Waals surface area contributed by atoms with Crippen LogP contribution in [0.15, 0.2) is 4.52 Å². The van der Waals surface area contributed by atoms with E-state index < -0.39 is 0 Å². The van der Waals surface area contributed by atoms with Crippen LogP contribution >= 0.6 is 0 Å². The van der Waals surface area contributed by atoms with Gasteiger partial charge in [0.25, 0.3) is 0 Å². The highest BCUT2D eigenvalue weighted by atomic mass is 16.5. The Bertz CT molecular complexity index is 323. The molecule has 5 nitrogen and oxygen atoms in total. The molecule has 1 aromatic rings. The average molecular weight is 225 g/mol. The van der Waals surface area contributed by atoms with Gasteiger partial charge in [0.15, 0.2) is 0 Å². The van der Waals surface area contributed by atoms with E-state index in [-0.39, 0.29) is 6.10 Å². The lowest BCUT2D eigenvalue weighted by atomic mass is 10.2. The molecule has 0 bridgehead atoms. The summed E-state index contributed by atoms with van der Waals surface area (Å²) in [4.78, 5) is 4.35. The number of ether oxygens (including phenoxy) is 1. The smallest absolute Gasteiger partial charge is 0.240 e. The molecule has 0 saturated heterocycles. The molecule has 1 N–H and O–H groups in total. The fourth-order valence-corrected chi connectivity index (χ4v) is 1.74. The summed E-state index contributed by atoms with van der Waals surface area (Å²) in [6.45, 7) is 3.73. The van der Waals surface area contributed by atoms with Crippen LogP contribution in [0.2, 0.25) is 0 Å². The molecule has 90 valence electrons. The minimum Gasteiger partial charge on any atom is -0.373 e. The largest absolute Gasteiger partial charge is 0.373 e. The number of hydrogen-bond acceptors (Lipinski definition) is 5. The van der Waals surface area contributed by atoms with E-state index in [1.54, 1.807) is 7.11 Å². The summed E-state index contributed by atoms with van der Waals surface area (Å²) in [5.41, 5.74) is 0. The molecule has 1 aromatic heterocycles. The van der Waals surface area contributed by atoms with Crippen LogP contribution in [0.3, 0.4) is 0 Å². The van der Waals surface area contributed by atoms with Crippen LogP contribution in [-0.2, 0) is 11.3 Å². The first-order chi connectivity index (χ1) is 7.85. The molecule has 5 heteroatoms. The van der Waals surface area contributed by atoms with Gasteiger partial charge in [-0.05, 0) is 31.7 Å². The first kappa shape index (κ1) is 11.5. The number of rotatable bonds is 7. The van der Waals surface area contributed by atoms with E-state index in [0.717, 1.165) is 13.0 Å². The van der Waals surface area contributed by atoms with Crippen molar-refractivity contribution in [1.82, 2.24) is 15.5 Å². The predicted octanol–water partition coefficient (Wildman–Crippen LogP) is 1.67. The second kappa shape index (κ2) is 5.41. The first-order valence-electron chi connectivity index (χ1n) is 5.91. The van der Waals surface area contributed by atoms with Crippen molar-refractivity contribution in [2.45, 2.75) is 38.8 Å². The molecule has 1 atom stereocenters. The van der Waals surface area contributed by atoms with Crippen molar-refractivity contribution in [3.8, 4) is 0 Å². The molecule has 16 heavy (non-hydrogen) atoms. The standard InChI is InChI=1S/C11H19N3O2/c1-3-6-12-7-9-13-11(14-16-9)10(15-2)8-4-5-8/h8,10,12H,3-7H2,1-2H3. The number of nitrogens with one attached hydrogen (secondary N) is 1. The summed E-state index contributed by atoms with van der Waals surface area (Å²) < 4.78 is 10.6. The third kappa shape index (κ3) is 2.80. The molecule has 1 heterocycles. The minimum absolute atomic E-state index is 0.0173. The molecule has 0 spiro atoms. The fourth-order valence-electron chi connectivity index (χ4n) is 1.74. The maximum absolute atomic E-state index is 5.39. The minimum atomic E-state index is 0.0173. The van der Waals surface area contributed by atoms with Crippen molar-refractivity contribution >= 4 is 0 Å². The van der Waals surface area contributed by atoms with Crippen LogP contribution in [0.1, 0.15) is 44.0 Å². The zero-order chi connectivity index (χ0) is 11.4. The second-order valence-corrected chi connectivity index (χ2v) is 4.22. The van der Waals surface area contributed by atoms with E-state index in [9.17, 15) is 0 Å². The second-order valence-electron chi connectivity index (χ2n) is 4.22. The van der Waals surface area contributed by atoms with Crippen LogP contribution in [0, 0.1) is 5.92 Å². The third-order valence-electron chi connectivity index (χ3n) is 2.75. The Morgan fingerprint density at radius 3 is 3.00 bits per heavy atom. The van der Waals surface area contributed by atoms with Crippen molar-refractivity contribution in [2.24, 2.45) is 5.92 Å². The average Bonchev–Trinajstić information content (AvgIpc) is 3.01. The zero-order valence-corrected chi connectivity index (χ0v) is 9.90. The molecule has 1 aliphatic carbocycles. The van der Waals surface area contributed by atoms with Crippen molar-refractivity contribution in [2.75, 3.05) is 13.7 Å². The van der Waals surface area contributed by atoms with Crippen LogP contribution in [0.5, 0.6) is 0 Å². The van der Waals surface area contributed by atoms with E-state index >= 15 is 0 Å². The molecule has 1 fully saturated rings. The molecular formula is C11H19N3O2. The van der Waals surface area contributed by atoms with Gasteiger partial charge in [-0.3, -0.25) is 0 Å². The number of aromatic nitrogens is 2. The Balaban J connectivity index is 1.90. The molecule has 0 radical (unpaired) electrons. The number of hydrogen-bond donors (Lipinski definition) is 1. The highest BCUT2D eigenvalue weighted by Gasteiger charge is 2.35. The van der Waals surface area contributed by atoms with E-state index in [0.29, 0.717) is 24.2 Å². The Labute approximate surface area is 95.6 Å². The summed E-state index contributed by atoms with van der Waals surface area (Å²) in [5, 5.41) is 7.21. The van der Waals surface area contributed by atoms with Crippen LogP contribution in [0.25, 0.3) is 0 Å². The molecule has 2 rings (SSSR count). The summed E-state index contributed by atoms with van der Waals surface area (Å²) >= 11 is 0. The van der Waals surface area contributed by atoms with Crippen molar-refractivity contribution in [3.63, 3.8) is 0 Å². The van der Waals surface area contributed by atoms with Gasteiger partial charge in [-0.25, -0.2) is 0 Å². The van der Waals surface area contributed by atoms with Crippen molar-refractivity contribution in [3.05, 3.63) is 11.7 Å². The summed E-state index contributed by atoms with van der Waals surface area (Å²) in [6.07, 6.45) is 3.53. The lowest BCUT2D eigenvalue weighted by Gasteiger charge is -2.08.